The summed E-state index contributed by atoms with van der Waals surface area (Å²) in [4.78, 5) is 26.2. The molecule has 0 atom stereocenters. The van der Waals surface area contributed by atoms with Gasteiger partial charge in [0.05, 0.1) is 16.8 Å². The molecule has 3 aromatic rings. The van der Waals surface area contributed by atoms with Crippen molar-refractivity contribution >= 4 is 17.5 Å². The average Bonchev–Trinajstić information content (AvgIpc) is 2.88. The summed E-state index contributed by atoms with van der Waals surface area (Å²) < 4.78 is 0. The second kappa shape index (κ2) is 5.35. The van der Waals surface area contributed by atoms with Gasteiger partial charge in [-0.15, -0.1) is 0 Å². The predicted octanol–water partition coefficient (Wildman–Crippen LogP) is 3.86. The van der Waals surface area contributed by atoms with Crippen molar-refractivity contribution in [3.05, 3.63) is 83.9 Å². The molecule has 0 aromatic heterocycles. The Morgan fingerprint density at radius 2 is 1.25 bits per heavy atom. The Labute approximate surface area is 138 Å². The first-order valence-electron chi connectivity index (χ1n) is 7.53. The summed E-state index contributed by atoms with van der Waals surface area (Å²) in [6.07, 6.45) is 0. The molecule has 0 saturated heterocycles. The molecule has 0 saturated carbocycles. The molecule has 0 aliphatic carbocycles. The summed E-state index contributed by atoms with van der Waals surface area (Å²) in [7, 11) is 0. The van der Waals surface area contributed by atoms with Crippen molar-refractivity contribution in [2.75, 3.05) is 4.90 Å². The molecule has 24 heavy (non-hydrogen) atoms. The van der Waals surface area contributed by atoms with E-state index in [1.807, 2.05) is 30.3 Å². The predicted molar refractivity (Wildman–Crippen MR) is 91.1 cm³/mol. The standard InChI is InChI=1S/C20H13NO3/c22-18-11-10-14(13-6-2-1-3-7-13)12-17(18)21-19(23)15-8-4-5-9-16(15)20(21)24/h1-12,22H. The Hall–Kier alpha value is -3.40. The van der Waals surface area contributed by atoms with Gasteiger partial charge in [-0.1, -0.05) is 48.5 Å². The van der Waals surface area contributed by atoms with Crippen molar-refractivity contribution in [1.29, 1.82) is 0 Å². The van der Waals surface area contributed by atoms with Crippen LogP contribution in [0, 0.1) is 0 Å². The lowest BCUT2D eigenvalue weighted by molar-refractivity contribution is 0.0925. The molecule has 1 aliphatic rings. The van der Waals surface area contributed by atoms with E-state index < -0.39 is 11.8 Å². The summed E-state index contributed by atoms with van der Waals surface area (Å²) in [5, 5.41) is 10.2. The Kier molecular flexibility index (Phi) is 3.17. The van der Waals surface area contributed by atoms with E-state index in [-0.39, 0.29) is 11.4 Å². The third-order valence-corrected chi connectivity index (χ3v) is 4.12. The number of imide groups is 1. The minimum Gasteiger partial charge on any atom is -0.506 e. The molecule has 0 bridgehead atoms. The number of carbonyl (C=O) groups is 2. The molecule has 4 nitrogen and oxygen atoms in total. The molecule has 1 heterocycles. The van der Waals surface area contributed by atoms with E-state index in [0.29, 0.717) is 11.1 Å². The maximum Gasteiger partial charge on any atom is 0.266 e. The second-order valence-corrected chi connectivity index (χ2v) is 5.56. The van der Waals surface area contributed by atoms with Gasteiger partial charge in [-0.25, -0.2) is 4.90 Å². The highest BCUT2D eigenvalue weighted by atomic mass is 16.3. The molecular weight excluding hydrogens is 302 g/mol. The zero-order valence-electron chi connectivity index (χ0n) is 12.6. The minimum absolute atomic E-state index is 0.107. The number of fused-ring (bicyclic) bond motifs is 1. The van der Waals surface area contributed by atoms with Crippen LogP contribution < -0.4 is 4.90 Å². The largest absolute Gasteiger partial charge is 0.506 e. The van der Waals surface area contributed by atoms with Gasteiger partial charge in [0.1, 0.15) is 5.75 Å². The Bertz CT molecular complexity index is 929. The monoisotopic (exact) mass is 315 g/mol. The number of carbonyl (C=O) groups excluding carboxylic acids is 2. The van der Waals surface area contributed by atoms with Crippen molar-refractivity contribution < 1.29 is 14.7 Å². The maximum atomic E-state index is 12.6. The molecule has 4 rings (SSSR count). The zero-order chi connectivity index (χ0) is 16.7. The van der Waals surface area contributed by atoms with Crippen molar-refractivity contribution in [2.24, 2.45) is 0 Å². The first-order valence-corrected chi connectivity index (χ1v) is 7.53. The summed E-state index contributed by atoms with van der Waals surface area (Å²) in [6, 6.07) is 21.2. The van der Waals surface area contributed by atoms with Crippen LogP contribution in [0.2, 0.25) is 0 Å². The van der Waals surface area contributed by atoms with Gasteiger partial charge in [0, 0.05) is 0 Å². The lowest BCUT2D eigenvalue weighted by Gasteiger charge is -2.16. The number of nitrogens with zero attached hydrogens (tertiary/aromatic N) is 1. The number of aromatic hydroxyl groups is 1. The van der Waals surface area contributed by atoms with Crippen LogP contribution in [0.5, 0.6) is 5.75 Å². The van der Waals surface area contributed by atoms with Crippen molar-refractivity contribution in [3.63, 3.8) is 0 Å². The summed E-state index contributed by atoms with van der Waals surface area (Å²) >= 11 is 0. The number of hydrogen-bond acceptors (Lipinski definition) is 3. The molecule has 3 aromatic carbocycles. The number of hydrogen-bond donors (Lipinski definition) is 1. The summed E-state index contributed by atoms with van der Waals surface area (Å²) in [6.45, 7) is 0. The van der Waals surface area contributed by atoms with Crippen LogP contribution in [0.25, 0.3) is 11.1 Å². The Morgan fingerprint density at radius 1 is 0.667 bits per heavy atom. The van der Waals surface area contributed by atoms with Gasteiger partial charge in [-0.3, -0.25) is 9.59 Å². The molecule has 0 fully saturated rings. The number of rotatable bonds is 2. The van der Waals surface area contributed by atoms with Gasteiger partial charge in [0.15, 0.2) is 0 Å². The molecule has 1 aliphatic heterocycles. The number of benzene rings is 3. The lowest BCUT2D eigenvalue weighted by atomic mass is 10.0. The topological polar surface area (TPSA) is 57.6 Å². The highest BCUT2D eigenvalue weighted by Gasteiger charge is 2.37. The van der Waals surface area contributed by atoms with E-state index >= 15 is 0 Å². The fourth-order valence-corrected chi connectivity index (χ4v) is 2.92. The lowest BCUT2D eigenvalue weighted by Crippen LogP contribution is -2.29. The highest BCUT2D eigenvalue weighted by Crippen LogP contribution is 2.37. The molecule has 0 radical (unpaired) electrons. The van der Waals surface area contributed by atoms with Gasteiger partial charge < -0.3 is 5.11 Å². The molecule has 2 amide bonds. The Morgan fingerprint density at radius 3 is 1.88 bits per heavy atom. The average molecular weight is 315 g/mol. The molecule has 0 unspecified atom stereocenters. The van der Waals surface area contributed by atoms with Crippen molar-refractivity contribution in [3.8, 4) is 16.9 Å². The third-order valence-electron chi connectivity index (χ3n) is 4.12. The van der Waals surface area contributed by atoms with Gasteiger partial charge in [0.25, 0.3) is 11.8 Å². The number of anilines is 1. The second-order valence-electron chi connectivity index (χ2n) is 5.56. The number of phenolic OH excluding ortho intramolecular Hbond substituents is 1. The van der Waals surface area contributed by atoms with E-state index in [1.165, 1.54) is 6.07 Å². The highest BCUT2D eigenvalue weighted by molar-refractivity contribution is 6.34. The smallest absolute Gasteiger partial charge is 0.266 e. The van der Waals surface area contributed by atoms with Crippen LogP contribution in [0.15, 0.2) is 72.8 Å². The normalized spacial score (nSPS) is 13.2. The van der Waals surface area contributed by atoms with Crippen molar-refractivity contribution in [2.45, 2.75) is 0 Å². The van der Waals surface area contributed by atoms with E-state index in [0.717, 1.165) is 16.0 Å². The molecule has 0 spiro atoms. The Balaban J connectivity index is 1.83. The van der Waals surface area contributed by atoms with Crippen LogP contribution in [0.3, 0.4) is 0 Å². The quantitative estimate of drug-likeness (QED) is 0.731. The van der Waals surface area contributed by atoms with Crippen LogP contribution in [-0.4, -0.2) is 16.9 Å². The van der Waals surface area contributed by atoms with E-state index in [4.69, 9.17) is 0 Å². The van der Waals surface area contributed by atoms with E-state index in [9.17, 15) is 14.7 Å². The van der Waals surface area contributed by atoms with Crippen LogP contribution in [-0.2, 0) is 0 Å². The first-order chi connectivity index (χ1) is 11.7. The third kappa shape index (κ3) is 2.08. The summed E-state index contributed by atoms with van der Waals surface area (Å²) in [5.41, 5.74) is 2.66. The molecular formula is C20H13NO3. The minimum atomic E-state index is -0.420. The fourth-order valence-electron chi connectivity index (χ4n) is 2.92. The van der Waals surface area contributed by atoms with Gasteiger partial charge in [-0.05, 0) is 35.4 Å². The molecule has 1 N–H and O–H groups in total. The SMILES string of the molecule is O=C1c2ccccc2C(=O)N1c1cc(-c2ccccc2)ccc1O. The fraction of sp³-hybridized carbons (Fsp3) is 0. The van der Waals surface area contributed by atoms with Crippen LogP contribution in [0.1, 0.15) is 20.7 Å². The van der Waals surface area contributed by atoms with E-state index in [2.05, 4.69) is 0 Å². The van der Waals surface area contributed by atoms with Crippen LogP contribution >= 0.6 is 0 Å². The number of amides is 2. The first kappa shape index (κ1) is 14.2. The summed E-state index contributed by atoms with van der Waals surface area (Å²) in [5.74, 6) is -0.948. The maximum absolute atomic E-state index is 12.6. The van der Waals surface area contributed by atoms with Crippen molar-refractivity contribution in [1.82, 2.24) is 0 Å². The van der Waals surface area contributed by atoms with E-state index in [1.54, 1.807) is 36.4 Å². The molecule has 116 valence electrons. The molecule has 4 heteroatoms. The number of phenols is 1. The zero-order valence-corrected chi connectivity index (χ0v) is 12.6. The van der Waals surface area contributed by atoms with Gasteiger partial charge in [-0.2, -0.15) is 0 Å². The van der Waals surface area contributed by atoms with Crippen LogP contribution in [0.4, 0.5) is 5.69 Å². The van der Waals surface area contributed by atoms with Gasteiger partial charge in [0.2, 0.25) is 0 Å². The van der Waals surface area contributed by atoms with Gasteiger partial charge >= 0.3 is 0 Å².